The Labute approximate surface area is 124 Å². The maximum Gasteiger partial charge on any atom is 0.336 e. The van der Waals surface area contributed by atoms with Crippen LogP contribution in [0.4, 0.5) is 0 Å². The number of aliphatic hydroxyl groups is 1. The number of hydrogen-bond acceptors (Lipinski definition) is 6. The van der Waals surface area contributed by atoms with Crippen molar-refractivity contribution in [3.05, 3.63) is 22.5 Å². The van der Waals surface area contributed by atoms with Gasteiger partial charge in [-0.2, -0.15) is 0 Å². The standard InChI is InChI=1S/C15H23NO5/c1-8-10(13(18)20-5)12(15(3,4)7-17)11(9(2)16-8)14(19)21-6/h12,16-17H,7H2,1-6H3. The van der Waals surface area contributed by atoms with Gasteiger partial charge in [-0.25, -0.2) is 9.59 Å². The van der Waals surface area contributed by atoms with Crippen LogP contribution >= 0.6 is 0 Å². The van der Waals surface area contributed by atoms with Gasteiger partial charge in [0.15, 0.2) is 0 Å². The minimum Gasteiger partial charge on any atom is -0.466 e. The summed E-state index contributed by atoms with van der Waals surface area (Å²) in [5.41, 5.74) is 1.17. The number of allylic oxidation sites excluding steroid dienone is 2. The number of hydrogen-bond donors (Lipinski definition) is 2. The quantitative estimate of drug-likeness (QED) is 0.756. The fourth-order valence-corrected chi connectivity index (χ4v) is 2.63. The van der Waals surface area contributed by atoms with Gasteiger partial charge < -0.3 is 19.9 Å². The summed E-state index contributed by atoms with van der Waals surface area (Å²) in [5.74, 6) is -1.66. The minimum atomic E-state index is -0.725. The summed E-state index contributed by atoms with van der Waals surface area (Å²) in [6, 6.07) is 0. The third-order valence-electron chi connectivity index (χ3n) is 3.76. The highest BCUT2D eigenvalue weighted by Crippen LogP contribution is 2.42. The SMILES string of the molecule is COC(=O)C1=C(C)NC(C)=C(C(=O)OC)C1C(C)(C)CO. The van der Waals surface area contributed by atoms with Gasteiger partial charge in [-0.05, 0) is 19.3 Å². The molecular weight excluding hydrogens is 274 g/mol. The molecule has 1 aliphatic rings. The molecule has 0 aliphatic carbocycles. The average molecular weight is 297 g/mol. The van der Waals surface area contributed by atoms with Crippen molar-refractivity contribution in [2.24, 2.45) is 11.3 Å². The van der Waals surface area contributed by atoms with Crippen molar-refractivity contribution in [1.82, 2.24) is 5.32 Å². The summed E-state index contributed by atoms with van der Waals surface area (Å²) in [4.78, 5) is 24.3. The molecule has 0 bridgehead atoms. The Morgan fingerprint density at radius 3 is 1.76 bits per heavy atom. The lowest BCUT2D eigenvalue weighted by atomic mass is 9.68. The lowest BCUT2D eigenvalue weighted by Crippen LogP contribution is -2.41. The third-order valence-corrected chi connectivity index (χ3v) is 3.76. The van der Waals surface area contributed by atoms with Gasteiger partial charge in [0.2, 0.25) is 0 Å². The molecule has 6 nitrogen and oxygen atoms in total. The zero-order valence-electron chi connectivity index (χ0n) is 13.4. The molecule has 1 heterocycles. The zero-order chi connectivity index (χ0) is 16.4. The molecule has 0 saturated heterocycles. The summed E-state index contributed by atoms with van der Waals surface area (Å²) < 4.78 is 9.67. The molecule has 21 heavy (non-hydrogen) atoms. The van der Waals surface area contributed by atoms with Gasteiger partial charge in [-0.1, -0.05) is 13.8 Å². The monoisotopic (exact) mass is 297 g/mol. The summed E-state index contributed by atoms with van der Waals surface area (Å²) >= 11 is 0. The van der Waals surface area contributed by atoms with E-state index in [4.69, 9.17) is 9.47 Å². The molecule has 0 aromatic carbocycles. The Morgan fingerprint density at radius 2 is 1.48 bits per heavy atom. The number of dihydropyridines is 1. The number of aliphatic hydroxyl groups excluding tert-OH is 1. The average Bonchev–Trinajstić information content (AvgIpc) is 2.44. The number of rotatable bonds is 4. The fraction of sp³-hybridized carbons (Fsp3) is 0.600. The number of ether oxygens (including phenoxy) is 2. The molecule has 0 unspecified atom stereocenters. The predicted molar refractivity (Wildman–Crippen MR) is 76.9 cm³/mol. The fourth-order valence-electron chi connectivity index (χ4n) is 2.63. The van der Waals surface area contributed by atoms with Crippen LogP contribution in [0.3, 0.4) is 0 Å². The first-order chi connectivity index (χ1) is 9.71. The maximum atomic E-state index is 12.1. The zero-order valence-corrected chi connectivity index (χ0v) is 13.4. The molecule has 118 valence electrons. The first kappa shape index (κ1) is 17.2. The Balaban J connectivity index is 3.54. The van der Waals surface area contributed by atoms with Gasteiger partial charge in [0.05, 0.1) is 25.4 Å². The highest BCUT2D eigenvalue weighted by atomic mass is 16.5. The summed E-state index contributed by atoms with van der Waals surface area (Å²) in [6.07, 6.45) is 0. The highest BCUT2D eigenvalue weighted by Gasteiger charge is 2.44. The van der Waals surface area contributed by atoms with Crippen molar-refractivity contribution in [3.63, 3.8) is 0 Å². The Hall–Kier alpha value is -1.82. The van der Waals surface area contributed by atoms with E-state index in [0.29, 0.717) is 22.5 Å². The Bertz CT molecular complexity index is 478. The normalized spacial score (nSPS) is 16.7. The molecule has 0 aromatic rings. The van der Waals surface area contributed by atoms with Crippen LogP contribution in [-0.4, -0.2) is 37.9 Å². The van der Waals surface area contributed by atoms with Crippen molar-refractivity contribution in [2.45, 2.75) is 27.7 Å². The second-order valence-electron chi connectivity index (χ2n) is 5.77. The summed E-state index contributed by atoms with van der Waals surface area (Å²) in [7, 11) is 2.57. The molecule has 1 rings (SSSR count). The molecule has 1 aliphatic heterocycles. The maximum absolute atomic E-state index is 12.1. The number of nitrogens with one attached hydrogen (secondary N) is 1. The lowest BCUT2D eigenvalue weighted by molar-refractivity contribution is -0.138. The molecule has 0 atom stereocenters. The van der Waals surface area contributed by atoms with E-state index in [1.165, 1.54) is 14.2 Å². The van der Waals surface area contributed by atoms with Crippen LogP contribution in [0.2, 0.25) is 0 Å². The molecule has 0 radical (unpaired) electrons. The van der Waals surface area contributed by atoms with Crippen LogP contribution < -0.4 is 5.32 Å². The highest BCUT2D eigenvalue weighted by molar-refractivity contribution is 5.98. The lowest BCUT2D eigenvalue weighted by Gasteiger charge is -2.38. The van der Waals surface area contributed by atoms with Crippen LogP contribution in [0.25, 0.3) is 0 Å². The van der Waals surface area contributed by atoms with Crippen LogP contribution in [0.1, 0.15) is 27.7 Å². The van der Waals surface area contributed by atoms with Crippen LogP contribution in [0, 0.1) is 11.3 Å². The van der Waals surface area contributed by atoms with Crippen LogP contribution in [0.15, 0.2) is 22.5 Å². The first-order valence-electron chi connectivity index (χ1n) is 6.67. The molecule has 0 amide bonds. The number of esters is 2. The largest absolute Gasteiger partial charge is 0.466 e. The summed E-state index contributed by atoms with van der Waals surface area (Å²) in [5, 5.41) is 12.7. The van der Waals surface area contributed by atoms with Crippen molar-refractivity contribution in [3.8, 4) is 0 Å². The third kappa shape index (κ3) is 3.10. The Morgan fingerprint density at radius 1 is 1.10 bits per heavy atom. The second kappa shape index (κ2) is 6.30. The van der Waals surface area contributed by atoms with Gasteiger partial charge in [-0.3, -0.25) is 0 Å². The molecule has 0 aromatic heterocycles. The number of methoxy groups -OCH3 is 2. The van der Waals surface area contributed by atoms with E-state index in [2.05, 4.69) is 5.32 Å². The van der Waals surface area contributed by atoms with Crippen molar-refractivity contribution < 1.29 is 24.2 Å². The van der Waals surface area contributed by atoms with Crippen LogP contribution in [-0.2, 0) is 19.1 Å². The Kier molecular flexibility index (Phi) is 5.17. The number of carbonyl (C=O) groups excluding carboxylic acids is 2. The van der Waals surface area contributed by atoms with E-state index in [1.54, 1.807) is 27.7 Å². The van der Waals surface area contributed by atoms with E-state index < -0.39 is 23.3 Å². The van der Waals surface area contributed by atoms with Gasteiger partial charge in [0, 0.05) is 23.9 Å². The molecule has 0 spiro atoms. The van der Waals surface area contributed by atoms with Crippen LogP contribution in [0.5, 0.6) is 0 Å². The molecule has 0 saturated carbocycles. The topological polar surface area (TPSA) is 84.9 Å². The molecule has 2 N–H and O–H groups in total. The van der Waals surface area contributed by atoms with E-state index in [1.807, 2.05) is 0 Å². The van der Waals surface area contributed by atoms with Gasteiger partial charge in [-0.15, -0.1) is 0 Å². The van der Waals surface area contributed by atoms with Gasteiger partial charge in [0.1, 0.15) is 0 Å². The van der Waals surface area contributed by atoms with E-state index in [9.17, 15) is 14.7 Å². The van der Waals surface area contributed by atoms with E-state index in [0.717, 1.165) is 0 Å². The van der Waals surface area contributed by atoms with Crippen molar-refractivity contribution >= 4 is 11.9 Å². The number of carbonyl (C=O) groups is 2. The molecular formula is C15H23NO5. The predicted octanol–water partition coefficient (Wildman–Crippen LogP) is 1.12. The second-order valence-corrected chi connectivity index (χ2v) is 5.77. The smallest absolute Gasteiger partial charge is 0.336 e. The van der Waals surface area contributed by atoms with E-state index in [-0.39, 0.29) is 6.61 Å². The molecule has 6 heteroatoms. The first-order valence-corrected chi connectivity index (χ1v) is 6.67. The van der Waals surface area contributed by atoms with Gasteiger partial charge in [0.25, 0.3) is 0 Å². The van der Waals surface area contributed by atoms with E-state index >= 15 is 0 Å². The van der Waals surface area contributed by atoms with Crippen molar-refractivity contribution in [1.29, 1.82) is 0 Å². The van der Waals surface area contributed by atoms with Gasteiger partial charge >= 0.3 is 11.9 Å². The minimum absolute atomic E-state index is 0.195. The summed E-state index contributed by atoms with van der Waals surface area (Å²) in [6.45, 7) is 6.86. The van der Waals surface area contributed by atoms with Crippen molar-refractivity contribution in [2.75, 3.05) is 20.8 Å². The molecule has 0 fully saturated rings.